The lowest BCUT2D eigenvalue weighted by atomic mass is 10.0. The number of hydrogen-bond donors (Lipinski definition) is 1. The Balaban J connectivity index is 1.65. The van der Waals surface area contributed by atoms with Gasteiger partial charge in [-0.1, -0.05) is 84.6 Å². The molecule has 0 aromatic heterocycles. The van der Waals surface area contributed by atoms with Crippen molar-refractivity contribution in [1.82, 2.24) is 10.2 Å². The van der Waals surface area contributed by atoms with Crippen molar-refractivity contribution in [3.8, 4) is 5.75 Å². The highest BCUT2D eigenvalue weighted by atomic mass is 35.5. The van der Waals surface area contributed by atoms with Crippen LogP contribution >= 0.6 is 23.2 Å². The van der Waals surface area contributed by atoms with Crippen molar-refractivity contribution < 1.29 is 14.3 Å². The van der Waals surface area contributed by atoms with Gasteiger partial charge in [-0.15, -0.1) is 0 Å². The van der Waals surface area contributed by atoms with Crippen molar-refractivity contribution in [3.05, 3.63) is 99.5 Å². The number of amides is 2. The molecule has 2 amide bonds. The van der Waals surface area contributed by atoms with Gasteiger partial charge in [0.2, 0.25) is 5.91 Å². The summed E-state index contributed by atoms with van der Waals surface area (Å²) in [7, 11) is 0. The number of nitrogens with one attached hydrogen (secondary N) is 1. The number of rotatable bonds is 10. The van der Waals surface area contributed by atoms with Gasteiger partial charge in [-0.05, 0) is 55.2 Å². The van der Waals surface area contributed by atoms with Crippen LogP contribution in [-0.4, -0.2) is 35.4 Å². The number of aryl methyl sites for hydroxylation is 1. The first-order valence-electron chi connectivity index (χ1n) is 12.7. The SMILES string of the molecule is Cc1cccc(OCC(=O)N(Cc2c(Cl)cccc2Cl)[C@H](Cc2ccccc2)C(=O)NC2CCCC2)c1. The molecular weight excluding hydrogens is 507 g/mol. The zero-order valence-corrected chi connectivity index (χ0v) is 22.5. The van der Waals surface area contributed by atoms with Gasteiger partial charge < -0.3 is 15.0 Å². The van der Waals surface area contributed by atoms with E-state index in [1.165, 1.54) is 0 Å². The van der Waals surface area contributed by atoms with Crippen molar-refractivity contribution >= 4 is 35.0 Å². The zero-order valence-electron chi connectivity index (χ0n) is 21.0. The van der Waals surface area contributed by atoms with Crippen LogP contribution in [-0.2, 0) is 22.6 Å². The van der Waals surface area contributed by atoms with Crippen molar-refractivity contribution in [3.63, 3.8) is 0 Å². The van der Waals surface area contributed by atoms with E-state index in [0.29, 0.717) is 27.8 Å². The number of benzene rings is 3. The molecule has 0 spiro atoms. The number of ether oxygens (including phenoxy) is 1. The second kappa shape index (κ2) is 13.0. The second-order valence-corrected chi connectivity index (χ2v) is 10.3. The van der Waals surface area contributed by atoms with Gasteiger partial charge in [0.25, 0.3) is 5.91 Å². The Morgan fingerprint density at radius 3 is 2.32 bits per heavy atom. The van der Waals surface area contributed by atoms with E-state index in [0.717, 1.165) is 36.8 Å². The van der Waals surface area contributed by atoms with Gasteiger partial charge in [0.15, 0.2) is 6.61 Å². The summed E-state index contributed by atoms with van der Waals surface area (Å²) < 4.78 is 5.85. The lowest BCUT2D eigenvalue weighted by Gasteiger charge is -2.32. The quantitative estimate of drug-likeness (QED) is 0.325. The van der Waals surface area contributed by atoms with E-state index in [2.05, 4.69) is 5.32 Å². The molecule has 0 unspecified atom stereocenters. The zero-order chi connectivity index (χ0) is 26.2. The van der Waals surface area contributed by atoms with E-state index in [-0.39, 0.29) is 31.0 Å². The average molecular weight is 540 g/mol. The molecule has 1 fully saturated rings. The normalized spacial score (nSPS) is 14.2. The molecule has 0 bridgehead atoms. The average Bonchev–Trinajstić information content (AvgIpc) is 3.40. The first-order valence-corrected chi connectivity index (χ1v) is 13.4. The van der Waals surface area contributed by atoms with Gasteiger partial charge in [-0.3, -0.25) is 9.59 Å². The van der Waals surface area contributed by atoms with Crippen molar-refractivity contribution in [2.24, 2.45) is 0 Å². The highest BCUT2D eigenvalue weighted by Crippen LogP contribution is 2.28. The molecule has 3 aromatic carbocycles. The van der Waals surface area contributed by atoms with Gasteiger partial charge in [-0.2, -0.15) is 0 Å². The van der Waals surface area contributed by atoms with Crippen LogP contribution in [0.2, 0.25) is 10.0 Å². The van der Waals surface area contributed by atoms with E-state index >= 15 is 0 Å². The molecule has 1 aliphatic carbocycles. The summed E-state index contributed by atoms with van der Waals surface area (Å²) in [4.78, 5) is 29.0. The van der Waals surface area contributed by atoms with Gasteiger partial charge >= 0.3 is 0 Å². The summed E-state index contributed by atoms with van der Waals surface area (Å²) >= 11 is 13.0. The monoisotopic (exact) mass is 538 g/mol. The number of nitrogens with zero attached hydrogens (tertiary/aromatic N) is 1. The number of carbonyl (C=O) groups is 2. The highest BCUT2D eigenvalue weighted by Gasteiger charge is 2.33. The number of carbonyl (C=O) groups excluding carboxylic acids is 2. The molecule has 0 aliphatic heterocycles. The molecule has 1 saturated carbocycles. The third-order valence-electron chi connectivity index (χ3n) is 6.71. The third-order valence-corrected chi connectivity index (χ3v) is 7.42. The fourth-order valence-corrected chi connectivity index (χ4v) is 5.23. The molecule has 194 valence electrons. The summed E-state index contributed by atoms with van der Waals surface area (Å²) in [6, 6.07) is 21.8. The first kappa shape index (κ1) is 27.0. The molecule has 1 N–H and O–H groups in total. The molecule has 7 heteroatoms. The number of hydrogen-bond acceptors (Lipinski definition) is 3. The van der Waals surface area contributed by atoms with E-state index in [9.17, 15) is 9.59 Å². The minimum Gasteiger partial charge on any atom is -0.484 e. The van der Waals surface area contributed by atoms with Crippen LogP contribution in [0.1, 0.15) is 42.4 Å². The van der Waals surface area contributed by atoms with Crippen LogP contribution in [0.15, 0.2) is 72.8 Å². The Kier molecular flexibility index (Phi) is 9.48. The van der Waals surface area contributed by atoms with Crippen LogP contribution in [0.4, 0.5) is 0 Å². The predicted molar refractivity (Wildman–Crippen MR) is 148 cm³/mol. The molecule has 3 aromatic rings. The Hall–Kier alpha value is -3.02. The Bertz CT molecular complexity index is 1190. The maximum atomic E-state index is 13.7. The molecule has 1 aliphatic rings. The molecule has 4 rings (SSSR count). The lowest BCUT2D eigenvalue weighted by Crippen LogP contribution is -2.53. The lowest BCUT2D eigenvalue weighted by molar-refractivity contribution is -0.143. The summed E-state index contributed by atoms with van der Waals surface area (Å²) in [6.07, 6.45) is 4.44. The predicted octanol–water partition coefficient (Wildman–Crippen LogP) is 6.38. The smallest absolute Gasteiger partial charge is 0.261 e. The third kappa shape index (κ3) is 7.50. The van der Waals surface area contributed by atoms with Crippen LogP contribution in [0, 0.1) is 6.92 Å². The van der Waals surface area contributed by atoms with Crippen LogP contribution < -0.4 is 10.1 Å². The van der Waals surface area contributed by atoms with Crippen LogP contribution in [0.3, 0.4) is 0 Å². The van der Waals surface area contributed by atoms with E-state index < -0.39 is 6.04 Å². The fraction of sp³-hybridized carbons (Fsp3) is 0.333. The van der Waals surface area contributed by atoms with Crippen LogP contribution in [0.5, 0.6) is 5.75 Å². The maximum absolute atomic E-state index is 13.7. The molecule has 0 radical (unpaired) electrons. The van der Waals surface area contributed by atoms with Crippen molar-refractivity contribution in [2.45, 2.75) is 57.7 Å². The summed E-state index contributed by atoms with van der Waals surface area (Å²) in [6.45, 7) is 1.83. The molecule has 1 atom stereocenters. The fourth-order valence-electron chi connectivity index (χ4n) is 4.71. The molecular formula is C30H32Cl2N2O3. The molecule has 37 heavy (non-hydrogen) atoms. The number of halogens is 2. The maximum Gasteiger partial charge on any atom is 0.261 e. The Morgan fingerprint density at radius 2 is 1.65 bits per heavy atom. The van der Waals surface area contributed by atoms with E-state index in [1.54, 1.807) is 23.1 Å². The summed E-state index contributed by atoms with van der Waals surface area (Å²) in [5, 5.41) is 4.08. The highest BCUT2D eigenvalue weighted by molar-refractivity contribution is 6.36. The molecule has 0 heterocycles. The van der Waals surface area contributed by atoms with Gasteiger partial charge in [-0.25, -0.2) is 0 Å². The van der Waals surface area contributed by atoms with Gasteiger partial charge in [0, 0.05) is 34.6 Å². The summed E-state index contributed by atoms with van der Waals surface area (Å²) in [5.74, 6) is 0.0990. The molecule has 0 saturated heterocycles. The van der Waals surface area contributed by atoms with Crippen LogP contribution in [0.25, 0.3) is 0 Å². The minimum absolute atomic E-state index is 0.0874. The van der Waals surface area contributed by atoms with E-state index in [1.807, 2.05) is 61.5 Å². The molecule has 5 nitrogen and oxygen atoms in total. The largest absolute Gasteiger partial charge is 0.484 e. The Morgan fingerprint density at radius 1 is 0.973 bits per heavy atom. The second-order valence-electron chi connectivity index (χ2n) is 9.52. The minimum atomic E-state index is -0.760. The standard InChI is InChI=1S/C30H32Cl2N2O3/c1-21-9-7-14-24(17-21)37-20-29(35)34(19-25-26(31)15-8-16-27(25)32)28(18-22-10-3-2-4-11-22)30(36)33-23-12-5-6-13-23/h2-4,7-11,14-17,23,28H,5-6,12-13,18-20H2,1H3,(H,33,36)/t28-/m1/s1. The Labute approximate surface area is 228 Å². The van der Waals surface area contributed by atoms with Crippen molar-refractivity contribution in [2.75, 3.05) is 6.61 Å². The van der Waals surface area contributed by atoms with Gasteiger partial charge in [0.05, 0.1) is 0 Å². The van der Waals surface area contributed by atoms with Gasteiger partial charge in [0.1, 0.15) is 11.8 Å². The first-order chi connectivity index (χ1) is 17.9. The van der Waals surface area contributed by atoms with E-state index in [4.69, 9.17) is 27.9 Å². The topological polar surface area (TPSA) is 58.6 Å². The summed E-state index contributed by atoms with van der Waals surface area (Å²) in [5.41, 5.74) is 2.58. The van der Waals surface area contributed by atoms with Crippen molar-refractivity contribution in [1.29, 1.82) is 0 Å².